The molecule has 1 N–H and O–H groups in total. The van der Waals surface area contributed by atoms with E-state index in [1.807, 2.05) is 12.2 Å². The van der Waals surface area contributed by atoms with Crippen molar-refractivity contribution >= 4 is 27.9 Å². The molecule has 0 atom stereocenters. The van der Waals surface area contributed by atoms with Gasteiger partial charge in [-0.25, -0.2) is 0 Å². The number of ether oxygens (including phenoxy) is 2. The lowest BCUT2D eigenvalue weighted by Crippen LogP contribution is -2.09. The Kier molecular flexibility index (Phi) is 7.45. The van der Waals surface area contributed by atoms with Gasteiger partial charge in [0.25, 0.3) is 0 Å². The van der Waals surface area contributed by atoms with Gasteiger partial charge in [0.05, 0.1) is 19.1 Å². The van der Waals surface area contributed by atoms with Gasteiger partial charge in [0, 0.05) is 13.0 Å². The number of carbonyl (C=O) groups is 1. The standard InChI is InChI=1S/C20H23NO6S/c1-4-19(22)26-20-17(8-5-9-18(20)25-2)21-14-6-7-15-10-12-16(13-11-15)27-28(3,23)24/h5-13,21H,4,14H2,1-3H3/b7-6+. The number of rotatable bonds is 9. The van der Waals surface area contributed by atoms with Crippen LogP contribution in [0.1, 0.15) is 18.9 Å². The fourth-order valence-corrected chi connectivity index (χ4v) is 2.74. The average molecular weight is 405 g/mol. The number of para-hydroxylation sites is 1. The molecule has 0 bridgehead atoms. The van der Waals surface area contributed by atoms with Crippen molar-refractivity contribution in [2.24, 2.45) is 0 Å². The van der Waals surface area contributed by atoms with Gasteiger partial charge in [0.1, 0.15) is 5.75 Å². The van der Waals surface area contributed by atoms with Gasteiger partial charge < -0.3 is 19.0 Å². The molecule has 0 aliphatic carbocycles. The van der Waals surface area contributed by atoms with Crippen molar-refractivity contribution in [2.75, 3.05) is 25.2 Å². The Labute approximate surface area is 165 Å². The first-order valence-electron chi connectivity index (χ1n) is 8.60. The van der Waals surface area contributed by atoms with E-state index in [1.54, 1.807) is 49.4 Å². The molecule has 28 heavy (non-hydrogen) atoms. The number of methoxy groups -OCH3 is 1. The van der Waals surface area contributed by atoms with Gasteiger partial charge in [0.15, 0.2) is 11.5 Å². The summed E-state index contributed by atoms with van der Waals surface area (Å²) in [6.07, 6.45) is 5.01. The van der Waals surface area contributed by atoms with Crippen LogP contribution in [-0.4, -0.2) is 34.3 Å². The molecule has 0 spiro atoms. The monoisotopic (exact) mass is 405 g/mol. The summed E-state index contributed by atoms with van der Waals surface area (Å²) in [6, 6.07) is 12.0. The second-order valence-electron chi connectivity index (χ2n) is 5.80. The summed E-state index contributed by atoms with van der Waals surface area (Å²) in [5, 5.41) is 3.18. The summed E-state index contributed by atoms with van der Waals surface area (Å²) in [6.45, 7) is 2.20. The zero-order valence-corrected chi connectivity index (χ0v) is 16.8. The summed E-state index contributed by atoms with van der Waals surface area (Å²) in [4.78, 5) is 11.7. The highest BCUT2D eigenvalue weighted by Gasteiger charge is 2.13. The van der Waals surface area contributed by atoms with Gasteiger partial charge in [-0.05, 0) is 29.8 Å². The molecule has 0 unspecified atom stereocenters. The Morgan fingerprint density at radius 2 is 1.86 bits per heavy atom. The molecule has 8 heteroatoms. The van der Waals surface area contributed by atoms with E-state index in [0.29, 0.717) is 23.7 Å². The van der Waals surface area contributed by atoms with Gasteiger partial charge in [-0.1, -0.05) is 37.3 Å². The van der Waals surface area contributed by atoms with Gasteiger partial charge in [0.2, 0.25) is 0 Å². The van der Waals surface area contributed by atoms with E-state index in [2.05, 4.69) is 5.32 Å². The first kappa shape index (κ1) is 21.3. The normalized spacial score (nSPS) is 11.2. The third kappa shape index (κ3) is 6.62. The number of nitrogens with one attached hydrogen (secondary N) is 1. The van der Waals surface area contributed by atoms with Crippen LogP contribution in [0.2, 0.25) is 0 Å². The van der Waals surface area contributed by atoms with Crippen LogP contribution in [0, 0.1) is 0 Å². The second-order valence-corrected chi connectivity index (χ2v) is 7.38. The summed E-state index contributed by atoms with van der Waals surface area (Å²) in [5.74, 6) is 0.737. The maximum Gasteiger partial charge on any atom is 0.311 e. The Morgan fingerprint density at radius 1 is 1.14 bits per heavy atom. The molecule has 0 fully saturated rings. The summed E-state index contributed by atoms with van der Waals surface area (Å²) < 4.78 is 37.6. The van der Waals surface area contributed by atoms with E-state index in [1.165, 1.54) is 7.11 Å². The number of hydrogen-bond donors (Lipinski definition) is 1. The summed E-state index contributed by atoms with van der Waals surface area (Å²) in [7, 11) is -2.02. The largest absolute Gasteiger partial charge is 0.493 e. The average Bonchev–Trinajstić information content (AvgIpc) is 2.66. The van der Waals surface area contributed by atoms with Crippen molar-refractivity contribution in [1.82, 2.24) is 0 Å². The summed E-state index contributed by atoms with van der Waals surface area (Å²) in [5.41, 5.74) is 1.52. The molecular formula is C20H23NO6S. The predicted octanol–water partition coefficient (Wildman–Crippen LogP) is 3.47. The lowest BCUT2D eigenvalue weighted by atomic mass is 10.2. The van der Waals surface area contributed by atoms with Crippen molar-refractivity contribution < 1.29 is 26.9 Å². The lowest BCUT2D eigenvalue weighted by Gasteiger charge is -2.14. The van der Waals surface area contributed by atoms with Gasteiger partial charge in [-0.2, -0.15) is 8.42 Å². The quantitative estimate of drug-likeness (QED) is 0.388. The molecule has 2 rings (SSSR count). The maximum absolute atomic E-state index is 11.7. The molecule has 0 aliphatic rings. The molecule has 0 amide bonds. The van der Waals surface area contributed by atoms with Crippen LogP contribution in [-0.2, 0) is 14.9 Å². The van der Waals surface area contributed by atoms with Crippen molar-refractivity contribution in [3.8, 4) is 17.2 Å². The third-order valence-electron chi connectivity index (χ3n) is 3.55. The minimum absolute atomic E-state index is 0.260. The number of hydrogen-bond acceptors (Lipinski definition) is 7. The predicted molar refractivity (Wildman–Crippen MR) is 108 cm³/mol. The molecule has 0 aliphatic heterocycles. The first-order valence-corrected chi connectivity index (χ1v) is 10.4. The Hall–Kier alpha value is -3.00. The third-order valence-corrected chi connectivity index (χ3v) is 4.05. The van der Waals surface area contributed by atoms with E-state index in [9.17, 15) is 13.2 Å². The van der Waals surface area contributed by atoms with Crippen molar-refractivity contribution in [3.05, 3.63) is 54.1 Å². The van der Waals surface area contributed by atoms with E-state index >= 15 is 0 Å². The van der Waals surface area contributed by atoms with Crippen LogP contribution in [0.15, 0.2) is 48.5 Å². The molecule has 0 saturated carbocycles. The van der Waals surface area contributed by atoms with Crippen LogP contribution in [0.4, 0.5) is 5.69 Å². The molecule has 0 aromatic heterocycles. The SMILES string of the molecule is CCC(=O)Oc1c(NC/C=C/c2ccc(OS(C)(=O)=O)cc2)cccc1OC. The second kappa shape index (κ2) is 9.80. The Balaban J connectivity index is 2.01. The fourth-order valence-electron chi connectivity index (χ4n) is 2.28. The minimum Gasteiger partial charge on any atom is -0.493 e. The molecule has 0 radical (unpaired) electrons. The van der Waals surface area contributed by atoms with Gasteiger partial charge in [-0.3, -0.25) is 4.79 Å². The van der Waals surface area contributed by atoms with Crippen molar-refractivity contribution in [3.63, 3.8) is 0 Å². The van der Waals surface area contributed by atoms with Crippen LogP contribution in [0.5, 0.6) is 17.2 Å². The molecule has 2 aromatic rings. The molecular weight excluding hydrogens is 382 g/mol. The van der Waals surface area contributed by atoms with Crippen LogP contribution in [0.3, 0.4) is 0 Å². The highest BCUT2D eigenvalue weighted by atomic mass is 32.2. The van der Waals surface area contributed by atoms with E-state index in [-0.39, 0.29) is 18.1 Å². The smallest absolute Gasteiger partial charge is 0.311 e. The topological polar surface area (TPSA) is 90.9 Å². The number of benzene rings is 2. The number of esters is 1. The van der Waals surface area contributed by atoms with Crippen LogP contribution < -0.4 is 19.0 Å². The van der Waals surface area contributed by atoms with Crippen LogP contribution in [0.25, 0.3) is 6.08 Å². The van der Waals surface area contributed by atoms with Crippen molar-refractivity contribution in [2.45, 2.75) is 13.3 Å². The molecule has 7 nitrogen and oxygen atoms in total. The molecule has 150 valence electrons. The maximum atomic E-state index is 11.7. The van der Waals surface area contributed by atoms with Crippen molar-refractivity contribution in [1.29, 1.82) is 0 Å². The number of anilines is 1. The van der Waals surface area contributed by atoms with E-state index in [4.69, 9.17) is 13.7 Å². The van der Waals surface area contributed by atoms with Crippen LogP contribution >= 0.6 is 0 Å². The lowest BCUT2D eigenvalue weighted by molar-refractivity contribution is -0.134. The van der Waals surface area contributed by atoms with Gasteiger partial charge >= 0.3 is 16.1 Å². The Morgan fingerprint density at radius 3 is 2.46 bits per heavy atom. The zero-order chi connectivity index (χ0) is 20.6. The van der Waals surface area contributed by atoms with E-state index in [0.717, 1.165) is 11.8 Å². The fraction of sp³-hybridized carbons (Fsp3) is 0.250. The Bertz CT molecular complexity index is 936. The van der Waals surface area contributed by atoms with Gasteiger partial charge in [-0.15, -0.1) is 0 Å². The minimum atomic E-state index is -3.54. The zero-order valence-electron chi connectivity index (χ0n) is 16.0. The molecule has 2 aromatic carbocycles. The highest BCUT2D eigenvalue weighted by molar-refractivity contribution is 7.86. The summed E-state index contributed by atoms with van der Waals surface area (Å²) >= 11 is 0. The molecule has 0 saturated heterocycles. The highest BCUT2D eigenvalue weighted by Crippen LogP contribution is 2.35. The van der Waals surface area contributed by atoms with E-state index < -0.39 is 10.1 Å². The first-order chi connectivity index (χ1) is 13.3. The number of carbonyl (C=O) groups excluding carboxylic acids is 1. The molecule has 0 heterocycles.